The molecular weight excluding hydrogens is 224 g/mol. The van der Waals surface area contributed by atoms with Gasteiger partial charge in [0.25, 0.3) is 0 Å². The number of nitrogens with two attached hydrogens (primary N) is 1. The van der Waals surface area contributed by atoms with Gasteiger partial charge in [0, 0.05) is 6.26 Å². The van der Waals surface area contributed by atoms with Crippen LogP contribution in [0.25, 0.3) is 0 Å². The molecule has 0 heterocycles. The van der Waals surface area contributed by atoms with E-state index in [9.17, 15) is 8.42 Å². The van der Waals surface area contributed by atoms with Crippen LogP contribution in [0.2, 0.25) is 0 Å². The molecule has 0 bridgehead atoms. The summed E-state index contributed by atoms with van der Waals surface area (Å²) in [4.78, 5) is 0. The first-order valence-corrected chi connectivity index (χ1v) is 7.25. The van der Waals surface area contributed by atoms with Crippen LogP contribution < -0.4 is 11.3 Å². The Hall–Kier alpha value is -0.910. The summed E-state index contributed by atoms with van der Waals surface area (Å²) < 4.78 is 22.4. The van der Waals surface area contributed by atoms with E-state index in [1.54, 1.807) is 0 Å². The number of rotatable bonds is 5. The molecule has 4 nitrogen and oxygen atoms in total. The van der Waals surface area contributed by atoms with Crippen molar-refractivity contribution in [2.75, 3.05) is 12.0 Å². The maximum absolute atomic E-state index is 11.2. The first kappa shape index (κ1) is 13.2. The summed E-state index contributed by atoms with van der Waals surface area (Å²) in [6.07, 6.45) is 2.17. The molecule has 0 fully saturated rings. The molecule has 3 N–H and O–H groups in total. The molecule has 1 rings (SSSR count). The molecule has 1 aromatic rings. The zero-order valence-corrected chi connectivity index (χ0v) is 10.4. The van der Waals surface area contributed by atoms with Gasteiger partial charge in [0.2, 0.25) is 0 Å². The third-order valence-electron chi connectivity index (χ3n) is 2.46. The first-order valence-electron chi connectivity index (χ1n) is 5.19. The van der Waals surface area contributed by atoms with E-state index in [2.05, 4.69) is 12.3 Å². The highest BCUT2D eigenvalue weighted by Gasteiger charge is 2.15. The van der Waals surface area contributed by atoms with Crippen molar-refractivity contribution in [1.29, 1.82) is 0 Å². The highest BCUT2D eigenvalue weighted by molar-refractivity contribution is 7.90. The fourth-order valence-corrected chi connectivity index (χ4v) is 2.42. The van der Waals surface area contributed by atoms with Crippen LogP contribution in [0.15, 0.2) is 24.3 Å². The summed E-state index contributed by atoms with van der Waals surface area (Å²) in [5.74, 6) is 5.38. The SMILES string of the molecule is CCc1ccc(C(CS(C)(=O)=O)NN)cc1. The fourth-order valence-electron chi connectivity index (χ4n) is 1.53. The average molecular weight is 242 g/mol. The first-order chi connectivity index (χ1) is 7.46. The van der Waals surface area contributed by atoms with Gasteiger partial charge in [0.05, 0.1) is 11.8 Å². The van der Waals surface area contributed by atoms with Gasteiger partial charge in [-0.25, -0.2) is 8.42 Å². The maximum Gasteiger partial charge on any atom is 0.149 e. The Morgan fingerprint density at radius 1 is 1.31 bits per heavy atom. The topological polar surface area (TPSA) is 72.2 Å². The van der Waals surface area contributed by atoms with Gasteiger partial charge < -0.3 is 0 Å². The molecule has 0 saturated carbocycles. The number of nitrogens with one attached hydrogen (secondary N) is 1. The number of aryl methyl sites for hydroxylation is 1. The standard InChI is InChI=1S/C11H18N2O2S/c1-3-9-4-6-10(7-5-9)11(13-12)8-16(2,14)15/h4-7,11,13H,3,8,12H2,1-2H3. The zero-order valence-electron chi connectivity index (χ0n) is 9.60. The summed E-state index contributed by atoms with van der Waals surface area (Å²) in [6, 6.07) is 7.45. The summed E-state index contributed by atoms with van der Waals surface area (Å²) >= 11 is 0. The van der Waals surface area contributed by atoms with E-state index in [1.165, 1.54) is 11.8 Å². The molecule has 0 spiro atoms. The lowest BCUT2D eigenvalue weighted by Gasteiger charge is -2.15. The normalized spacial score (nSPS) is 13.7. The molecule has 0 aromatic heterocycles. The molecule has 0 radical (unpaired) electrons. The molecule has 1 aromatic carbocycles. The highest BCUT2D eigenvalue weighted by atomic mass is 32.2. The van der Waals surface area contributed by atoms with E-state index in [0.29, 0.717) is 0 Å². The Kier molecular flexibility index (Phi) is 4.46. The van der Waals surface area contributed by atoms with Crippen molar-refractivity contribution in [2.24, 2.45) is 5.84 Å². The monoisotopic (exact) mass is 242 g/mol. The molecule has 5 heteroatoms. The predicted molar refractivity (Wildman–Crippen MR) is 65.6 cm³/mol. The number of hydrazine groups is 1. The molecule has 90 valence electrons. The molecule has 0 aliphatic rings. The van der Waals surface area contributed by atoms with Gasteiger partial charge >= 0.3 is 0 Å². The maximum atomic E-state index is 11.2. The van der Waals surface area contributed by atoms with E-state index >= 15 is 0 Å². The summed E-state index contributed by atoms with van der Waals surface area (Å²) in [5.41, 5.74) is 4.65. The Bertz CT molecular complexity index is 426. The van der Waals surface area contributed by atoms with Crippen LogP contribution in [-0.4, -0.2) is 20.4 Å². The second kappa shape index (κ2) is 5.43. The summed E-state index contributed by atoms with van der Waals surface area (Å²) in [6.45, 7) is 2.07. The Morgan fingerprint density at radius 2 is 1.88 bits per heavy atom. The lowest BCUT2D eigenvalue weighted by molar-refractivity contribution is 0.564. The second-order valence-electron chi connectivity index (χ2n) is 3.91. The third kappa shape index (κ3) is 3.92. The van der Waals surface area contributed by atoms with Gasteiger partial charge in [-0.2, -0.15) is 0 Å². The van der Waals surface area contributed by atoms with E-state index in [0.717, 1.165) is 12.0 Å². The summed E-state index contributed by atoms with van der Waals surface area (Å²) in [7, 11) is -3.04. The number of hydrogen-bond donors (Lipinski definition) is 2. The van der Waals surface area contributed by atoms with Crippen LogP contribution in [0.5, 0.6) is 0 Å². The lowest BCUT2D eigenvalue weighted by Crippen LogP contribution is -2.32. The van der Waals surface area contributed by atoms with Crippen LogP contribution >= 0.6 is 0 Å². The van der Waals surface area contributed by atoms with E-state index < -0.39 is 9.84 Å². The van der Waals surface area contributed by atoms with Crippen molar-refractivity contribution >= 4 is 9.84 Å². The Morgan fingerprint density at radius 3 is 2.25 bits per heavy atom. The van der Waals surface area contributed by atoms with Crippen molar-refractivity contribution in [3.63, 3.8) is 0 Å². The van der Waals surface area contributed by atoms with Crippen LogP contribution in [0.3, 0.4) is 0 Å². The minimum absolute atomic E-state index is 0.00890. The molecule has 1 atom stereocenters. The lowest BCUT2D eigenvalue weighted by atomic mass is 10.1. The van der Waals surface area contributed by atoms with E-state index in [4.69, 9.17) is 5.84 Å². The zero-order chi connectivity index (χ0) is 12.2. The number of benzene rings is 1. The predicted octanol–water partition coefficient (Wildman–Crippen LogP) is 0.798. The van der Waals surface area contributed by atoms with Gasteiger partial charge in [-0.05, 0) is 17.5 Å². The van der Waals surface area contributed by atoms with Crippen molar-refractivity contribution in [3.05, 3.63) is 35.4 Å². The van der Waals surface area contributed by atoms with Crippen LogP contribution in [0, 0.1) is 0 Å². The molecule has 0 aliphatic carbocycles. The van der Waals surface area contributed by atoms with Gasteiger partial charge in [0.15, 0.2) is 0 Å². The Labute approximate surface area is 96.7 Å². The van der Waals surface area contributed by atoms with Gasteiger partial charge in [-0.1, -0.05) is 31.2 Å². The minimum Gasteiger partial charge on any atom is -0.271 e. The fraction of sp³-hybridized carbons (Fsp3) is 0.455. The van der Waals surface area contributed by atoms with Crippen molar-refractivity contribution in [2.45, 2.75) is 19.4 Å². The van der Waals surface area contributed by atoms with E-state index in [1.807, 2.05) is 24.3 Å². The quantitative estimate of drug-likeness (QED) is 0.591. The van der Waals surface area contributed by atoms with Gasteiger partial charge in [-0.15, -0.1) is 0 Å². The highest BCUT2D eigenvalue weighted by Crippen LogP contribution is 2.15. The minimum atomic E-state index is -3.04. The van der Waals surface area contributed by atoms with Gasteiger partial charge in [0.1, 0.15) is 9.84 Å². The van der Waals surface area contributed by atoms with E-state index in [-0.39, 0.29) is 11.8 Å². The Balaban J connectivity index is 2.87. The molecule has 0 aliphatic heterocycles. The molecule has 0 amide bonds. The van der Waals surface area contributed by atoms with Crippen LogP contribution in [0.1, 0.15) is 24.1 Å². The van der Waals surface area contributed by atoms with Crippen molar-refractivity contribution in [3.8, 4) is 0 Å². The molecular formula is C11H18N2O2S. The van der Waals surface area contributed by atoms with Crippen LogP contribution in [0.4, 0.5) is 0 Å². The largest absolute Gasteiger partial charge is 0.271 e. The number of hydrogen-bond acceptors (Lipinski definition) is 4. The molecule has 1 unspecified atom stereocenters. The van der Waals surface area contributed by atoms with Crippen LogP contribution in [-0.2, 0) is 16.3 Å². The van der Waals surface area contributed by atoms with Crippen molar-refractivity contribution < 1.29 is 8.42 Å². The second-order valence-corrected chi connectivity index (χ2v) is 6.09. The summed E-state index contributed by atoms with van der Waals surface area (Å²) in [5, 5.41) is 0. The number of sulfone groups is 1. The van der Waals surface area contributed by atoms with Crippen molar-refractivity contribution in [1.82, 2.24) is 5.43 Å². The average Bonchev–Trinajstić information content (AvgIpc) is 2.25. The van der Waals surface area contributed by atoms with Gasteiger partial charge in [-0.3, -0.25) is 11.3 Å². The smallest absolute Gasteiger partial charge is 0.149 e. The third-order valence-corrected chi connectivity index (χ3v) is 3.40. The molecule has 0 saturated heterocycles. The molecule has 16 heavy (non-hydrogen) atoms.